The summed E-state index contributed by atoms with van der Waals surface area (Å²) in [5.74, 6) is 0.918. The highest BCUT2D eigenvalue weighted by Gasteiger charge is 2.27. The number of aryl methyl sites for hydroxylation is 1. The van der Waals surface area contributed by atoms with Crippen molar-refractivity contribution >= 4 is 17.8 Å². The normalized spacial score (nSPS) is 15.0. The molecule has 1 fully saturated rings. The molecule has 7 heteroatoms. The number of likely N-dealkylation sites (tertiary alicyclic amines) is 1. The Morgan fingerprint density at radius 3 is 2.62 bits per heavy atom. The molecule has 2 rings (SSSR count). The summed E-state index contributed by atoms with van der Waals surface area (Å²) in [7, 11) is 3.49. The number of nitrogens with zero attached hydrogens (tertiary/aromatic N) is 3. The monoisotopic (exact) mass is 333 g/mol. The molecule has 0 atom stereocenters. The van der Waals surface area contributed by atoms with Gasteiger partial charge in [-0.1, -0.05) is 6.07 Å². The van der Waals surface area contributed by atoms with Crippen LogP contribution >= 0.6 is 0 Å². The van der Waals surface area contributed by atoms with Gasteiger partial charge in [0.25, 0.3) is 0 Å². The second-order valence-corrected chi connectivity index (χ2v) is 6.33. The highest BCUT2D eigenvalue weighted by atomic mass is 16.2. The Balaban J connectivity index is 1.67. The minimum Gasteiger partial charge on any atom is -0.368 e. The van der Waals surface area contributed by atoms with Crippen LogP contribution in [0.5, 0.6) is 0 Å². The Hall–Kier alpha value is -2.31. The number of urea groups is 1. The molecule has 0 aliphatic carbocycles. The maximum absolute atomic E-state index is 12.2. The lowest BCUT2D eigenvalue weighted by Crippen LogP contribution is -2.46. The Morgan fingerprint density at radius 1 is 1.29 bits per heavy atom. The molecule has 1 aliphatic rings. The van der Waals surface area contributed by atoms with Crippen molar-refractivity contribution < 1.29 is 9.59 Å². The van der Waals surface area contributed by atoms with Gasteiger partial charge in [-0.2, -0.15) is 0 Å². The lowest BCUT2D eigenvalue weighted by atomic mass is 9.96. The first-order valence-electron chi connectivity index (χ1n) is 8.38. The molecule has 0 unspecified atom stereocenters. The van der Waals surface area contributed by atoms with Crippen LogP contribution in [0.1, 0.15) is 18.4 Å². The van der Waals surface area contributed by atoms with Gasteiger partial charge >= 0.3 is 6.03 Å². The van der Waals surface area contributed by atoms with Gasteiger partial charge < -0.3 is 20.4 Å². The molecule has 1 saturated heterocycles. The van der Waals surface area contributed by atoms with E-state index in [9.17, 15) is 9.59 Å². The van der Waals surface area contributed by atoms with E-state index in [2.05, 4.69) is 15.6 Å². The summed E-state index contributed by atoms with van der Waals surface area (Å²) in [6.45, 7) is 4.48. The fourth-order valence-corrected chi connectivity index (χ4v) is 2.80. The molecule has 1 aromatic heterocycles. The third-order valence-corrected chi connectivity index (χ3v) is 4.24. The van der Waals surface area contributed by atoms with E-state index in [1.807, 2.05) is 19.1 Å². The summed E-state index contributed by atoms with van der Waals surface area (Å²) < 4.78 is 0. The third-order valence-electron chi connectivity index (χ3n) is 4.24. The van der Waals surface area contributed by atoms with Crippen LogP contribution in [0.3, 0.4) is 0 Å². The molecule has 2 N–H and O–H groups in total. The standard InChI is InChI=1S/C17H27N5O2/c1-13-5-4-8-18-15(13)19-9-10-20-16(23)14-6-11-22(12-7-14)17(24)21(2)3/h4-5,8,14H,6-7,9-12H2,1-3H3,(H,18,19)(H,20,23). The van der Waals surface area contributed by atoms with Crippen LogP contribution < -0.4 is 10.6 Å². The van der Waals surface area contributed by atoms with Gasteiger partial charge in [-0.05, 0) is 31.4 Å². The molecular weight excluding hydrogens is 306 g/mol. The summed E-state index contributed by atoms with van der Waals surface area (Å²) in [5.41, 5.74) is 1.08. The molecule has 0 saturated carbocycles. The number of aromatic nitrogens is 1. The fourth-order valence-electron chi connectivity index (χ4n) is 2.80. The van der Waals surface area contributed by atoms with Crippen LogP contribution in [-0.4, -0.2) is 67.0 Å². The zero-order chi connectivity index (χ0) is 17.5. The number of carbonyl (C=O) groups is 2. The van der Waals surface area contributed by atoms with Crippen LogP contribution in [0.4, 0.5) is 10.6 Å². The van der Waals surface area contributed by atoms with Gasteiger partial charge in [-0.3, -0.25) is 4.79 Å². The van der Waals surface area contributed by atoms with Crippen molar-refractivity contribution in [2.45, 2.75) is 19.8 Å². The van der Waals surface area contributed by atoms with Gasteiger partial charge in [0.2, 0.25) is 5.91 Å². The molecule has 0 radical (unpaired) electrons. The molecule has 2 heterocycles. The van der Waals surface area contributed by atoms with Crippen molar-refractivity contribution in [2.24, 2.45) is 5.92 Å². The average Bonchev–Trinajstić information content (AvgIpc) is 2.59. The Bertz CT molecular complexity index is 568. The highest BCUT2D eigenvalue weighted by Crippen LogP contribution is 2.18. The molecule has 0 aromatic carbocycles. The molecule has 132 valence electrons. The van der Waals surface area contributed by atoms with E-state index in [0.717, 1.165) is 24.2 Å². The van der Waals surface area contributed by atoms with Crippen molar-refractivity contribution in [2.75, 3.05) is 45.6 Å². The van der Waals surface area contributed by atoms with Gasteiger partial charge in [0.1, 0.15) is 5.82 Å². The van der Waals surface area contributed by atoms with Crippen molar-refractivity contribution in [1.29, 1.82) is 0 Å². The van der Waals surface area contributed by atoms with E-state index in [0.29, 0.717) is 26.2 Å². The lowest BCUT2D eigenvalue weighted by molar-refractivity contribution is -0.126. The summed E-state index contributed by atoms with van der Waals surface area (Å²) in [5, 5.41) is 6.19. The van der Waals surface area contributed by atoms with Crippen LogP contribution in [-0.2, 0) is 4.79 Å². The van der Waals surface area contributed by atoms with Crippen LogP contribution in [0.25, 0.3) is 0 Å². The molecule has 0 spiro atoms. The molecule has 3 amide bonds. The van der Waals surface area contributed by atoms with Crippen molar-refractivity contribution in [3.05, 3.63) is 23.9 Å². The number of hydrogen-bond donors (Lipinski definition) is 2. The summed E-state index contributed by atoms with van der Waals surface area (Å²) in [6, 6.07) is 3.91. The SMILES string of the molecule is Cc1cccnc1NCCNC(=O)C1CCN(C(=O)N(C)C)CC1. The largest absolute Gasteiger partial charge is 0.368 e. The maximum Gasteiger partial charge on any atom is 0.319 e. The van der Waals surface area contributed by atoms with Gasteiger partial charge in [0, 0.05) is 52.4 Å². The Kier molecular flexibility index (Phi) is 6.40. The zero-order valence-electron chi connectivity index (χ0n) is 14.7. The van der Waals surface area contributed by atoms with E-state index < -0.39 is 0 Å². The first-order chi connectivity index (χ1) is 11.5. The highest BCUT2D eigenvalue weighted by molar-refractivity contribution is 5.79. The number of rotatable bonds is 5. The molecule has 1 aromatic rings. The molecular formula is C17H27N5O2. The first kappa shape index (κ1) is 18.0. The van der Waals surface area contributed by atoms with Gasteiger partial charge in [0.05, 0.1) is 0 Å². The summed E-state index contributed by atoms with van der Waals surface area (Å²) in [6.07, 6.45) is 3.19. The van der Waals surface area contributed by atoms with E-state index in [-0.39, 0.29) is 17.9 Å². The minimum atomic E-state index is -0.00667. The van der Waals surface area contributed by atoms with Crippen LogP contribution in [0.2, 0.25) is 0 Å². The third kappa shape index (κ3) is 4.84. The van der Waals surface area contributed by atoms with Gasteiger partial charge in [-0.15, -0.1) is 0 Å². The zero-order valence-corrected chi connectivity index (χ0v) is 14.7. The summed E-state index contributed by atoms with van der Waals surface area (Å²) >= 11 is 0. The average molecular weight is 333 g/mol. The number of hydrogen-bond acceptors (Lipinski definition) is 4. The van der Waals surface area contributed by atoms with E-state index in [1.165, 1.54) is 0 Å². The number of anilines is 1. The smallest absolute Gasteiger partial charge is 0.319 e. The number of carbonyl (C=O) groups excluding carboxylic acids is 2. The topological polar surface area (TPSA) is 77.6 Å². The minimum absolute atomic E-state index is 0.00667. The van der Waals surface area contributed by atoms with Crippen molar-refractivity contribution in [3.63, 3.8) is 0 Å². The molecule has 24 heavy (non-hydrogen) atoms. The second-order valence-electron chi connectivity index (χ2n) is 6.33. The van der Waals surface area contributed by atoms with E-state index in [4.69, 9.17) is 0 Å². The summed E-state index contributed by atoms with van der Waals surface area (Å²) in [4.78, 5) is 31.7. The Morgan fingerprint density at radius 2 is 2.00 bits per heavy atom. The Labute approximate surface area is 143 Å². The van der Waals surface area contributed by atoms with Gasteiger partial charge in [0.15, 0.2) is 0 Å². The molecule has 0 bridgehead atoms. The molecule has 1 aliphatic heterocycles. The van der Waals surface area contributed by atoms with Crippen LogP contribution in [0.15, 0.2) is 18.3 Å². The van der Waals surface area contributed by atoms with E-state index in [1.54, 1.807) is 30.1 Å². The van der Waals surface area contributed by atoms with Gasteiger partial charge in [-0.25, -0.2) is 9.78 Å². The number of nitrogens with one attached hydrogen (secondary N) is 2. The number of pyridine rings is 1. The predicted octanol–water partition coefficient (Wildman–Crippen LogP) is 1.31. The van der Waals surface area contributed by atoms with E-state index >= 15 is 0 Å². The molecule has 7 nitrogen and oxygen atoms in total. The predicted molar refractivity (Wildman–Crippen MR) is 93.9 cm³/mol. The van der Waals surface area contributed by atoms with Crippen LogP contribution in [0, 0.1) is 12.8 Å². The lowest BCUT2D eigenvalue weighted by Gasteiger charge is -2.33. The van der Waals surface area contributed by atoms with Crippen molar-refractivity contribution in [1.82, 2.24) is 20.1 Å². The fraction of sp³-hybridized carbons (Fsp3) is 0.588. The first-order valence-corrected chi connectivity index (χ1v) is 8.38. The quantitative estimate of drug-likeness (QED) is 0.797. The maximum atomic E-state index is 12.2. The number of amides is 3. The number of piperidine rings is 1. The van der Waals surface area contributed by atoms with Crippen molar-refractivity contribution in [3.8, 4) is 0 Å². The second kappa shape index (κ2) is 8.52.